The second-order valence-electron chi connectivity index (χ2n) is 7.84. The van der Waals surface area contributed by atoms with E-state index in [4.69, 9.17) is 9.47 Å². The predicted octanol–water partition coefficient (Wildman–Crippen LogP) is 8.06. The van der Waals surface area contributed by atoms with Gasteiger partial charge in [0, 0.05) is 26.6 Å². The highest BCUT2D eigenvalue weighted by Gasteiger charge is 2.36. The van der Waals surface area contributed by atoms with Gasteiger partial charge in [0.2, 0.25) is 0 Å². The first-order valence-corrected chi connectivity index (χ1v) is 11.4. The van der Waals surface area contributed by atoms with Gasteiger partial charge in [-0.1, -0.05) is 103 Å². The summed E-state index contributed by atoms with van der Waals surface area (Å²) in [5.74, 6) is -0.193. The summed E-state index contributed by atoms with van der Waals surface area (Å²) < 4.78 is 11.8. The highest BCUT2D eigenvalue weighted by molar-refractivity contribution is 4.91. The maximum atomic E-state index is 5.90. The Labute approximate surface area is 165 Å². The molecule has 0 fully saturated rings. The third kappa shape index (κ3) is 11.4. The number of hydrogen-bond donors (Lipinski definition) is 0. The summed E-state index contributed by atoms with van der Waals surface area (Å²) in [4.78, 5) is 0. The summed E-state index contributed by atoms with van der Waals surface area (Å²) in [6.07, 6.45) is 22.8. The van der Waals surface area contributed by atoms with Crippen LogP contribution >= 0.6 is 0 Å². The van der Waals surface area contributed by atoms with Gasteiger partial charge >= 0.3 is 0 Å². The van der Waals surface area contributed by atoms with E-state index in [9.17, 15) is 0 Å². The van der Waals surface area contributed by atoms with E-state index in [0.717, 1.165) is 12.8 Å². The van der Waals surface area contributed by atoms with Crippen molar-refractivity contribution < 1.29 is 9.47 Å². The fraction of sp³-hybridized carbons (Fsp3) is 0.917. The number of ether oxygens (including phenoxy) is 2. The fourth-order valence-electron chi connectivity index (χ4n) is 3.94. The second kappa shape index (κ2) is 18.0. The molecule has 0 saturated heterocycles. The molecule has 0 radical (unpaired) electrons. The van der Waals surface area contributed by atoms with Crippen LogP contribution in [-0.4, -0.2) is 20.0 Å². The van der Waals surface area contributed by atoms with Crippen molar-refractivity contribution in [2.45, 2.75) is 122 Å². The molecular formula is C24H48O2. The van der Waals surface area contributed by atoms with E-state index in [1.807, 2.05) is 0 Å². The molecular weight excluding hydrogens is 320 g/mol. The van der Waals surface area contributed by atoms with Crippen LogP contribution in [0.15, 0.2) is 12.7 Å². The minimum atomic E-state index is -0.479. The standard InChI is InChI=1S/C24H48O2/c1-6-9-11-13-15-16-18-20-22-24(25-4,26-5)23(8-3)21-19-17-14-12-10-7-2/h8,23H,3,6-7,9-22H2,1-2,4-5H3. The van der Waals surface area contributed by atoms with Crippen LogP contribution < -0.4 is 0 Å². The molecule has 0 N–H and O–H groups in total. The van der Waals surface area contributed by atoms with Crippen LogP contribution in [0.25, 0.3) is 0 Å². The van der Waals surface area contributed by atoms with E-state index < -0.39 is 5.79 Å². The Balaban J connectivity index is 4.16. The van der Waals surface area contributed by atoms with Crippen LogP contribution in [0.3, 0.4) is 0 Å². The lowest BCUT2D eigenvalue weighted by Gasteiger charge is -2.37. The van der Waals surface area contributed by atoms with Crippen molar-refractivity contribution in [2.24, 2.45) is 5.92 Å². The van der Waals surface area contributed by atoms with Gasteiger partial charge in [-0.15, -0.1) is 6.58 Å². The first-order chi connectivity index (χ1) is 12.7. The topological polar surface area (TPSA) is 18.5 Å². The first kappa shape index (κ1) is 25.7. The summed E-state index contributed by atoms with van der Waals surface area (Å²) in [7, 11) is 3.60. The summed E-state index contributed by atoms with van der Waals surface area (Å²) in [6.45, 7) is 8.62. The van der Waals surface area contributed by atoms with Crippen LogP contribution in [0.2, 0.25) is 0 Å². The van der Waals surface area contributed by atoms with Crippen molar-refractivity contribution in [3.05, 3.63) is 12.7 Å². The minimum absolute atomic E-state index is 0.285. The van der Waals surface area contributed by atoms with Gasteiger partial charge in [-0.3, -0.25) is 0 Å². The van der Waals surface area contributed by atoms with Gasteiger partial charge in [-0.2, -0.15) is 0 Å². The molecule has 0 bridgehead atoms. The van der Waals surface area contributed by atoms with Gasteiger partial charge in [0.15, 0.2) is 5.79 Å². The average molecular weight is 369 g/mol. The maximum Gasteiger partial charge on any atom is 0.173 e. The molecule has 2 heteroatoms. The fourth-order valence-corrected chi connectivity index (χ4v) is 3.94. The van der Waals surface area contributed by atoms with Crippen LogP contribution in [0.5, 0.6) is 0 Å². The molecule has 0 rings (SSSR count). The lowest BCUT2D eigenvalue weighted by Crippen LogP contribution is -2.41. The zero-order valence-corrected chi connectivity index (χ0v) is 18.5. The molecule has 0 aliphatic carbocycles. The first-order valence-electron chi connectivity index (χ1n) is 11.4. The van der Waals surface area contributed by atoms with E-state index in [0.29, 0.717) is 0 Å². The molecule has 26 heavy (non-hydrogen) atoms. The van der Waals surface area contributed by atoms with Crippen molar-refractivity contribution in [3.8, 4) is 0 Å². The molecule has 0 aromatic rings. The summed E-state index contributed by atoms with van der Waals surface area (Å²) >= 11 is 0. The third-order valence-electron chi connectivity index (χ3n) is 5.79. The van der Waals surface area contributed by atoms with Gasteiger partial charge in [-0.05, 0) is 12.8 Å². The normalized spacial score (nSPS) is 13.1. The van der Waals surface area contributed by atoms with Crippen molar-refractivity contribution in [1.29, 1.82) is 0 Å². The molecule has 0 aliphatic rings. The predicted molar refractivity (Wildman–Crippen MR) is 116 cm³/mol. The van der Waals surface area contributed by atoms with Gasteiger partial charge in [-0.25, -0.2) is 0 Å². The molecule has 1 atom stereocenters. The number of unbranched alkanes of at least 4 members (excludes halogenated alkanes) is 12. The SMILES string of the molecule is C=CC(CCCCCCCC)C(CCCCCCCCCC)(OC)OC. The lowest BCUT2D eigenvalue weighted by molar-refractivity contribution is -0.236. The number of rotatable bonds is 20. The number of hydrogen-bond acceptors (Lipinski definition) is 2. The maximum absolute atomic E-state index is 5.90. The largest absolute Gasteiger partial charge is 0.353 e. The molecule has 0 aromatic heterocycles. The van der Waals surface area contributed by atoms with E-state index in [1.165, 1.54) is 89.9 Å². The monoisotopic (exact) mass is 368 g/mol. The molecule has 0 aliphatic heterocycles. The zero-order valence-electron chi connectivity index (χ0n) is 18.5. The highest BCUT2D eigenvalue weighted by atomic mass is 16.7. The van der Waals surface area contributed by atoms with E-state index in [1.54, 1.807) is 14.2 Å². The second-order valence-corrected chi connectivity index (χ2v) is 7.84. The molecule has 156 valence electrons. The highest BCUT2D eigenvalue weighted by Crippen LogP contribution is 2.33. The van der Waals surface area contributed by atoms with Crippen molar-refractivity contribution in [2.75, 3.05) is 14.2 Å². The average Bonchev–Trinajstić information content (AvgIpc) is 2.67. The minimum Gasteiger partial charge on any atom is -0.353 e. The Bertz CT molecular complexity index is 297. The molecule has 0 saturated carbocycles. The molecule has 0 heterocycles. The molecule has 2 nitrogen and oxygen atoms in total. The van der Waals surface area contributed by atoms with Crippen LogP contribution in [0.1, 0.15) is 117 Å². The third-order valence-corrected chi connectivity index (χ3v) is 5.79. The van der Waals surface area contributed by atoms with Gasteiger partial charge in [0.1, 0.15) is 0 Å². The summed E-state index contributed by atoms with van der Waals surface area (Å²) in [6, 6.07) is 0. The molecule has 0 spiro atoms. The molecule has 1 unspecified atom stereocenters. The number of methoxy groups -OCH3 is 2. The lowest BCUT2D eigenvalue weighted by atomic mass is 9.88. The Kier molecular flexibility index (Phi) is 17.8. The van der Waals surface area contributed by atoms with E-state index >= 15 is 0 Å². The van der Waals surface area contributed by atoms with Gasteiger partial charge in [0.25, 0.3) is 0 Å². The van der Waals surface area contributed by atoms with Gasteiger partial charge < -0.3 is 9.47 Å². The van der Waals surface area contributed by atoms with Crippen molar-refractivity contribution in [3.63, 3.8) is 0 Å². The Morgan fingerprint density at radius 1 is 0.692 bits per heavy atom. The Morgan fingerprint density at radius 3 is 1.54 bits per heavy atom. The van der Waals surface area contributed by atoms with E-state index in [2.05, 4.69) is 26.5 Å². The van der Waals surface area contributed by atoms with Crippen LogP contribution in [-0.2, 0) is 9.47 Å². The zero-order chi connectivity index (χ0) is 19.5. The summed E-state index contributed by atoms with van der Waals surface area (Å²) in [5.41, 5.74) is 0. The van der Waals surface area contributed by atoms with E-state index in [-0.39, 0.29) is 5.92 Å². The molecule has 0 aromatic carbocycles. The van der Waals surface area contributed by atoms with Crippen LogP contribution in [0, 0.1) is 5.92 Å². The van der Waals surface area contributed by atoms with Gasteiger partial charge in [0.05, 0.1) is 0 Å². The van der Waals surface area contributed by atoms with Crippen molar-refractivity contribution >= 4 is 0 Å². The Hall–Kier alpha value is -0.340. The van der Waals surface area contributed by atoms with Crippen molar-refractivity contribution in [1.82, 2.24) is 0 Å². The smallest absolute Gasteiger partial charge is 0.173 e. The summed E-state index contributed by atoms with van der Waals surface area (Å²) in [5, 5.41) is 0. The Morgan fingerprint density at radius 2 is 1.12 bits per heavy atom. The quantitative estimate of drug-likeness (QED) is 0.123. The molecule has 0 amide bonds. The van der Waals surface area contributed by atoms with Crippen LogP contribution in [0.4, 0.5) is 0 Å².